The molecule has 1 fully saturated rings. The van der Waals surface area contributed by atoms with E-state index in [4.69, 9.17) is 0 Å². The predicted octanol–water partition coefficient (Wildman–Crippen LogP) is 3.96. The molecule has 2 nitrogen and oxygen atoms in total. The van der Waals surface area contributed by atoms with E-state index in [9.17, 15) is 0 Å². The largest absolute Gasteiger partial charge is 0.369 e. The van der Waals surface area contributed by atoms with Gasteiger partial charge in [-0.1, -0.05) is 31.9 Å². The highest BCUT2D eigenvalue weighted by Gasteiger charge is 2.16. The average molecular weight is 260 g/mol. The molecule has 0 spiro atoms. The zero-order chi connectivity index (χ0) is 13.5. The van der Waals surface area contributed by atoms with Gasteiger partial charge in [0.1, 0.15) is 0 Å². The zero-order valence-electron chi connectivity index (χ0n) is 12.5. The fraction of sp³-hybridized carbons (Fsp3) is 0.647. The van der Waals surface area contributed by atoms with E-state index < -0.39 is 0 Å². The van der Waals surface area contributed by atoms with E-state index in [1.807, 2.05) is 0 Å². The molecule has 1 atom stereocenters. The fourth-order valence-corrected chi connectivity index (χ4v) is 2.87. The van der Waals surface area contributed by atoms with Gasteiger partial charge in [-0.2, -0.15) is 0 Å². The van der Waals surface area contributed by atoms with Crippen LogP contribution in [-0.2, 0) is 6.54 Å². The van der Waals surface area contributed by atoms with Crippen LogP contribution in [0.5, 0.6) is 0 Å². The Kier molecular flexibility index (Phi) is 5.71. The first-order valence-electron chi connectivity index (χ1n) is 7.87. The molecule has 0 bridgehead atoms. The van der Waals surface area contributed by atoms with Crippen LogP contribution in [0.3, 0.4) is 0 Å². The lowest BCUT2D eigenvalue weighted by atomic mass is 10.1. The third-order valence-electron chi connectivity index (χ3n) is 4.08. The van der Waals surface area contributed by atoms with Gasteiger partial charge >= 0.3 is 0 Å². The van der Waals surface area contributed by atoms with Crippen molar-refractivity contribution in [3.05, 3.63) is 29.8 Å². The van der Waals surface area contributed by atoms with Crippen molar-refractivity contribution in [2.45, 2.75) is 58.5 Å². The van der Waals surface area contributed by atoms with E-state index in [-0.39, 0.29) is 0 Å². The van der Waals surface area contributed by atoms with Crippen molar-refractivity contribution in [3.63, 3.8) is 0 Å². The Morgan fingerprint density at radius 2 is 1.95 bits per heavy atom. The minimum absolute atomic E-state index is 0.687. The number of anilines is 1. The number of benzene rings is 1. The number of nitrogens with zero attached hydrogens (tertiary/aromatic N) is 1. The molecule has 1 aromatic carbocycles. The van der Waals surface area contributed by atoms with Crippen LogP contribution in [0, 0.1) is 0 Å². The van der Waals surface area contributed by atoms with Crippen LogP contribution < -0.4 is 10.2 Å². The van der Waals surface area contributed by atoms with Gasteiger partial charge in [0.05, 0.1) is 0 Å². The van der Waals surface area contributed by atoms with E-state index in [2.05, 4.69) is 48.3 Å². The highest BCUT2D eigenvalue weighted by Crippen LogP contribution is 2.24. The van der Waals surface area contributed by atoms with Crippen molar-refractivity contribution in [1.82, 2.24) is 5.32 Å². The highest BCUT2D eigenvalue weighted by atomic mass is 15.2. The summed E-state index contributed by atoms with van der Waals surface area (Å²) in [6.07, 6.45) is 6.64. The predicted molar refractivity (Wildman–Crippen MR) is 83.7 cm³/mol. The molecule has 0 saturated carbocycles. The van der Waals surface area contributed by atoms with Gasteiger partial charge in [0.15, 0.2) is 0 Å². The molecule has 1 aromatic rings. The second-order valence-electron chi connectivity index (χ2n) is 5.73. The van der Waals surface area contributed by atoms with Gasteiger partial charge in [0, 0.05) is 24.8 Å². The lowest BCUT2D eigenvalue weighted by molar-refractivity contribution is 0.616. The molecule has 0 amide bonds. The summed E-state index contributed by atoms with van der Waals surface area (Å²) in [5.74, 6) is 0. The maximum absolute atomic E-state index is 3.46. The van der Waals surface area contributed by atoms with Crippen molar-refractivity contribution in [2.24, 2.45) is 0 Å². The summed E-state index contributed by atoms with van der Waals surface area (Å²) in [5, 5.41) is 3.46. The molecule has 106 valence electrons. The van der Waals surface area contributed by atoms with Crippen LogP contribution in [0.1, 0.15) is 51.5 Å². The normalized spacial score (nSPS) is 20.3. The van der Waals surface area contributed by atoms with E-state index in [1.54, 1.807) is 0 Å². The van der Waals surface area contributed by atoms with Crippen molar-refractivity contribution in [1.29, 1.82) is 0 Å². The first kappa shape index (κ1) is 14.4. The maximum Gasteiger partial charge on any atom is 0.0368 e. The maximum atomic E-state index is 3.46. The molecule has 0 radical (unpaired) electrons. The minimum atomic E-state index is 0.687. The van der Waals surface area contributed by atoms with Crippen LogP contribution in [0.4, 0.5) is 5.69 Å². The molecule has 1 N–H and O–H groups in total. The second kappa shape index (κ2) is 7.54. The van der Waals surface area contributed by atoms with E-state index in [0.717, 1.165) is 13.1 Å². The van der Waals surface area contributed by atoms with Crippen LogP contribution in [-0.4, -0.2) is 19.1 Å². The standard InChI is InChI=1S/C17H28N2/c1-3-12-18-14-16-8-10-17(11-9-16)19-13-6-4-5-7-15(19)2/h8-11,15,18H,3-7,12-14H2,1-2H3. The van der Waals surface area contributed by atoms with Crippen molar-refractivity contribution in [3.8, 4) is 0 Å². The van der Waals surface area contributed by atoms with Gasteiger partial charge in [0.2, 0.25) is 0 Å². The lowest BCUT2D eigenvalue weighted by Crippen LogP contribution is -2.32. The summed E-state index contributed by atoms with van der Waals surface area (Å²) in [4.78, 5) is 2.58. The van der Waals surface area contributed by atoms with Gasteiger partial charge in [-0.15, -0.1) is 0 Å². The van der Waals surface area contributed by atoms with E-state index >= 15 is 0 Å². The summed E-state index contributed by atoms with van der Waals surface area (Å²) in [5.41, 5.74) is 2.79. The van der Waals surface area contributed by atoms with Gasteiger partial charge in [-0.25, -0.2) is 0 Å². The molecule has 1 aliphatic rings. The Hall–Kier alpha value is -1.02. The average Bonchev–Trinajstić information content (AvgIpc) is 2.65. The molecule has 1 heterocycles. The lowest BCUT2D eigenvalue weighted by Gasteiger charge is -2.29. The van der Waals surface area contributed by atoms with Gasteiger partial charge in [-0.3, -0.25) is 0 Å². The quantitative estimate of drug-likeness (QED) is 0.806. The molecule has 1 unspecified atom stereocenters. The number of hydrogen-bond donors (Lipinski definition) is 1. The van der Waals surface area contributed by atoms with E-state index in [0.29, 0.717) is 6.04 Å². The smallest absolute Gasteiger partial charge is 0.0368 e. The monoisotopic (exact) mass is 260 g/mol. The molecule has 19 heavy (non-hydrogen) atoms. The second-order valence-corrected chi connectivity index (χ2v) is 5.73. The first-order valence-corrected chi connectivity index (χ1v) is 7.87. The van der Waals surface area contributed by atoms with Crippen molar-refractivity contribution >= 4 is 5.69 Å². The molecule has 2 heteroatoms. The third kappa shape index (κ3) is 4.24. The van der Waals surface area contributed by atoms with Gasteiger partial charge in [-0.05, 0) is 50.4 Å². The number of rotatable bonds is 5. The van der Waals surface area contributed by atoms with E-state index in [1.165, 1.54) is 49.9 Å². The summed E-state index contributed by atoms with van der Waals surface area (Å²) < 4.78 is 0. The van der Waals surface area contributed by atoms with Crippen LogP contribution in [0.2, 0.25) is 0 Å². The Balaban J connectivity index is 1.96. The summed E-state index contributed by atoms with van der Waals surface area (Å²) in [7, 11) is 0. The molecule has 0 aliphatic carbocycles. The molecule has 2 rings (SSSR count). The Morgan fingerprint density at radius 3 is 2.68 bits per heavy atom. The Morgan fingerprint density at radius 1 is 1.16 bits per heavy atom. The van der Waals surface area contributed by atoms with Crippen molar-refractivity contribution < 1.29 is 0 Å². The topological polar surface area (TPSA) is 15.3 Å². The Labute approximate surface area is 118 Å². The van der Waals surface area contributed by atoms with Crippen LogP contribution in [0.15, 0.2) is 24.3 Å². The molecule has 1 aliphatic heterocycles. The summed E-state index contributed by atoms with van der Waals surface area (Å²) in [6.45, 7) is 7.88. The fourth-order valence-electron chi connectivity index (χ4n) is 2.87. The molecule has 1 saturated heterocycles. The molecular formula is C17H28N2. The third-order valence-corrected chi connectivity index (χ3v) is 4.08. The number of nitrogens with one attached hydrogen (secondary N) is 1. The Bertz CT molecular complexity index is 358. The summed E-state index contributed by atoms with van der Waals surface area (Å²) in [6, 6.07) is 9.83. The van der Waals surface area contributed by atoms with Crippen LogP contribution in [0.25, 0.3) is 0 Å². The van der Waals surface area contributed by atoms with Gasteiger partial charge in [0.25, 0.3) is 0 Å². The molecule has 0 aromatic heterocycles. The molecular weight excluding hydrogens is 232 g/mol. The number of hydrogen-bond acceptors (Lipinski definition) is 2. The zero-order valence-corrected chi connectivity index (χ0v) is 12.5. The van der Waals surface area contributed by atoms with Gasteiger partial charge < -0.3 is 10.2 Å². The highest BCUT2D eigenvalue weighted by molar-refractivity contribution is 5.48. The van der Waals surface area contributed by atoms with Crippen molar-refractivity contribution in [2.75, 3.05) is 18.0 Å². The SMILES string of the molecule is CCCNCc1ccc(N2CCCCCC2C)cc1. The summed E-state index contributed by atoms with van der Waals surface area (Å²) >= 11 is 0. The van der Waals surface area contributed by atoms with Crippen LogP contribution >= 0.6 is 0 Å². The first-order chi connectivity index (χ1) is 9.31. The minimum Gasteiger partial charge on any atom is -0.369 e.